The van der Waals surface area contributed by atoms with Crippen LogP contribution in [-0.2, 0) is 19.3 Å². The van der Waals surface area contributed by atoms with Gasteiger partial charge in [-0.3, -0.25) is 0 Å². The fraction of sp³-hybridized carbons (Fsp3) is 0.571. The van der Waals surface area contributed by atoms with Crippen LogP contribution in [0.15, 0.2) is 24.3 Å². The van der Waals surface area contributed by atoms with E-state index in [4.69, 9.17) is 9.47 Å². The summed E-state index contributed by atoms with van der Waals surface area (Å²) < 4.78 is 35.5. The summed E-state index contributed by atoms with van der Waals surface area (Å²) in [7, 11) is -3.19. The van der Waals surface area contributed by atoms with Crippen molar-refractivity contribution in [2.24, 2.45) is 0 Å². The SMILES string of the molecule is CCOC1(OCC)CS(=O)(=O)[C@H]1c1ccc(C)cc1. The van der Waals surface area contributed by atoms with Crippen molar-refractivity contribution in [1.82, 2.24) is 0 Å². The van der Waals surface area contributed by atoms with Crippen LogP contribution in [0.5, 0.6) is 0 Å². The molecule has 106 valence electrons. The summed E-state index contributed by atoms with van der Waals surface area (Å²) in [6.45, 7) is 6.52. The van der Waals surface area contributed by atoms with E-state index in [9.17, 15) is 8.42 Å². The van der Waals surface area contributed by atoms with Gasteiger partial charge in [0.15, 0.2) is 9.84 Å². The number of hydrogen-bond acceptors (Lipinski definition) is 4. The van der Waals surface area contributed by atoms with Gasteiger partial charge in [0, 0.05) is 13.2 Å². The molecule has 0 saturated carbocycles. The molecular weight excluding hydrogens is 264 g/mol. The second-order valence-corrected chi connectivity index (χ2v) is 6.86. The third-order valence-corrected chi connectivity index (χ3v) is 5.47. The Balaban J connectivity index is 2.39. The summed E-state index contributed by atoms with van der Waals surface area (Å²) in [4.78, 5) is 0. The Morgan fingerprint density at radius 2 is 1.68 bits per heavy atom. The van der Waals surface area contributed by atoms with Crippen molar-refractivity contribution < 1.29 is 17.9 Å². The second-order valence-electron chi connectivity index (χ2n) is 4.78. The molecule has 1 atom stereocenters. The summed E-state index contributed by atoms with van der Waals surface area (Å²) >= 11 is 0. The molecule has 1 fully saturated rings. The molecule has 0 aliphatic carbocycles. The van der Waals surface area contributed by atoms with Crippen molar-refractivity contribution in [3.05, 3.63) is 35.4 Å². The van der Waals surface area contributed by atoms with Crippen molar-refractivity contribution in [3.63, 3.8) is 0 Å². The van der Waals surface area contributed by atoms with Gasteiger partial charge in [0.05, 0.1) is 0 Å². The summed E-state index contributed by atoms with van der Waals surface area (Å²) in [6.07, 6.45) is 0. The highest BCUT2D eigenvalue weighted by Gasteiger charge is 2.61. The molecule has 1 aliphatic heterocycles. The van der Waals surface area contributed by atoms with Crippen LogP contribution in [0.4, 0.5) is 0 Å². The van der Waals surface area contributed by atoms with Crippen LogP contribution in [0, 0.1) is 6.92 Å². The third-order valence-electron chi connectivity index (χ3n) is 3.32. The van der Waals surface area contributed by atoms with E-state index in [0.29, 0.717) is 13.2 Å². The first-order valence-electron chi connectivity index (χ1n) is 6.51. The van der Waals surface area contributed by atoms with Gasteiger partial charge in [0.1, 0.15) is 11.0 Å². The number of sulfone groups is 1. The van der Waals surface area contributed by atoms with E-state index in [1.54, 1.807) is 0 Å². The summed E-state index contributed by atoms with van der Waals surface area (Å²) in [5.74, 6) is -1.09. The predicted octanol–water partition coefficient (Wildman–Crippen LogP) is 2.23. The second kappa shape index (κ2) is 5.23. The van der Waals surface area contributed by atoms with Crippen LogP contribution >= 0.6 is 0 Å². The Morgan fingerprint density at radius 3 is 2.11 bits per heavy atom. The van der Waals surface area contributed by atoms with E-state index in [-0.39, 0.29) is 5.75 Å². The molecule has 0 aromatic heterocycles. The molecule has 0 N–H and O–H groups in total. The Kier molecular flexibility index (Phi) is 3.99. The molecule has 5 heteroatoms. The van der Waals surface area contributed by atoms with Crippen molar-refractivity contribution in [2.75, 3.05) is 19.0 Å². The van der Waals surface area contributed by atoms with Crippen LogP contribution in [0.25, 0.3) is 0 Å². The topological polar surface area (TPSA) is 52.6 Å². The van der Waals surface area contributed by atoms with E-state index in [1.807, 2.05) is 45.0 Å². The van der Waals surface area contributed by atoms with Crippen molar-refractivity contribution in [3.8, 4) is 0 Å². The highest BCUT2D eigenvalue weighted by atomic mass is 32.2. The lowest BCUT2D eigenvalue weighted by molar-refractivity contribution is -0.230. The summed E-state index contributed by atoms with van der Waals surface area (Å²) in [6, 6.07) is 7.49. The van der Waals surface area contributed by atoms with E-state index >= 15 is 0 Å². The monoisotopic (exact) mass is 284 g/mol. The smallest absolute Gasteiger partial charge is 0.203 e. The van der Waals surface area contributed by atoms with E-state index in [2.05, 4.69) is 0 Å². The molecule has 19 heavy (non-hydrogen) atoms. The minimum absolute atomic E-state index is 0.0692. The molecule has 0 bridgehead atoms. The summed E-state index contributed by atoms with van der Waals surface area (Å²) in [5, 5.41) is -0.722. The first-order chi connectivity index (χ1) is 8.95. The molecule has 0 radical (unpaired) electrons. The maximum atomic E-state index is 12.1. The minimum Gasteiger partial charge on any atom is -0.348 e. The Bertz CT molecular complexity index is 527. The number of aryl methyl sites for hydroxylation is 1. The Hall–Kier alpha value is -0.910. The Morgan fingerprint density at radius 1 is 1.16 bits per heavy atom. The van der Waals surface area contributed by atoms with E-state index in [1.165, 1.54) is 0 Å². The zero-order chi connectivity index (χ0) is 14.1. The number of rotatable bonds is 5. The third kappa shape index (κ3) is 2.55. The lowest BCUT2D eigenvalue weighted by Crippen LogP contribution is -2.60. The zero-order valence-electron chi connectivity index (χ0n) is 11.5. The Labute approximate surface area is 114 Å². The molecule has 1 aliphatic rings. The average Bonchev–Trinajstić information content (AvgIpc) is 2.31. The number of benzene rings is 1. The maximum absolute atomic E-state index is 12.1. The molecular formula is C14H20O4S. The van der Waals surface area contributed by atoms with Crippen LogP contribution in [0.1, 0.15) is 30.2 Å². The van der Waals surface area contributed by atoms with Crippen LogP contribution in [0.3, 0.4) is 0 Å². The lowest BCUT2D eigenvalue weighted by Gasteiger charge is -2.47. The van der Waals surface area contributed by atoms with Crippen molar-refractivity contribution in [1.29, 1.82) is 0 Å². The van der Waals surface area contributed by atoms with Crippen molar-refractivity contribution in [2.45, 2.75) is 31.8 Å². The van der Waals surface area contributed by atoms with Gasteiger partial charge in [0.25, 0.3) is 0 Å². The van der Waals surface area contributed by atoms with Gasteiger partial charge >= 0.3 is 0 Å². The molecule has 0 spiro atoms. The van der Waals surface area contributed by atoms with Gasteiger partial charge in [0.2, 0.25) is 5.79 Å². The van der Waals surface area contributed by atoms with E-state index in [0.717, 1.165) is 11.1 Å². The normalized spacial score (nSPS) is 23.8. The largest absolute Gasteiger partial charge is 0.348 e. The van der Waals surface area contributed by atoms with E-state index < -0.39 is 20.9 Å². The molecule has 0 amide bonds. The van der Waals surface area contributed by atoms with Crippen molar-refractivity contribution >= 4 is 9.84 Å². The highest BCUT2D eigenvalue weighted by Crippen LogP contribution is 2.48. The number of ether oxygens (including phenoxy) is 2. The molecule has 1 heterocycles. The molecule has 4 nitrogen and oxygen atoms in total. The van der Waals surface area contributed by atoms with Gasteiger partial charge in [-0.2, -0.15) is 0 Å². The maximum Gasteiger partial charge on any atom is 0.203 e. The van der Waals surface area contributed by atoms with Crippen LogP contribution in [0.2, 0.25) is 0 Å². The van der Waals surface area contributed by atoms with Gasteiger partial charge < -0.3 is 9.47 Å². The zero-order valence-corrected chi connectivity index (χ0v) is 12.4. The van der Waals surface area contributed by atoms with Crippen LogP contribution < -0.4 is 0 Å². The van der Waals surface area contributed by atoms with Gasteiger partial charge in [-0.1, -0.05) is 29.8 Å². The fourth-order valence-corrected chi connectivity index (χ4v) is 4.68. The molecule has 1 aromatic rings. The minimum atomic E-state index is -3.19. The average molecular weight is 284 g/mol. The first-order valence-corrected chi connectivity index (χ1v) is 8.23. The van der Waals surface area contributed by atoms with Gasteiger partial charge in [-0.05, 0) is 26.3 Å². The number of hydrogen-bond donors (Lipinski definition) is 0. The summed E-state index contributed by atoms with van der Waals surface area (Å²) in [5.41, 5.74) is 1.83. The molecule has 2 rings (SSSR count). The quantitative estimate of drug-likeness (QED) is 0.778. The standard InChI is InChI=1S/C14H20O4S/c1-4-17-14(18-5-2)10-19(15,16)13(14)12-8-6-11(3)7-9-12/h6-9,13H,4-5,10H2,1-3H3/t13-/m0/s1. The lowest BCUT2D eigenvalue weighted by atomic mass is 10.0. The first kappa shape index (κ1) is 14.5. The predicted molar refractivity (Wildman–Crippen MR) is 73.7 cm³/mol. The fourth-order valence-electron chi connectivity index (χ4n) is 2.58. The van der Waals surface area contributed by atoms with Crippen LogP contribution in [-0.4, -0.2) is 33.2 Å². The molecule has 1 aromatic carbocycles. The highest BCUT2D eigenvalue weighted by molar-refractivity contribution is 7.93. The molecule has 1 saturated heterocycles. The van der Waals surface area contributed by atoms with Gasteiger partial charge in [-0.25, -0.2) is 8.42 Å². The molecule has 0 unspecified atom stereocenters. The van der Waals surface area contributed by atoms with Gasteiger partial charge in [-0.15, -0.1) is 0 Å².